The van der Waals surface area contributed by atoms with Crippen LogP contribution in [0, 0.1) is 11.7 Å². The number of aromatic nitrogens is 1. The van der Waals surface area contributed by atoms with Crippen molar-refractivity contribution in [1.82, 2.24) is 4.98 Å². The van der Waals surface area contributed by atoms with Gasteiger partial charge in [0, 0.05) is 19.2 Å². The van der Waals surface area contributed by atoms with Gasteiger partial charge in [0.2, 0.25) is 17.7 Å². The van der Waals surface area contributed by atoms with Crippen LogP contribution in [0.25, 0.3) is 0 Å². The normalized spacial score (nSPS) is 16.8. The first-order valence-electron chi connectivity index (χ1n) is 8.03. The van der Waals surface area contributed by atoms with Crippen molar-refractivity contribution >= 4 is 23.2 Å². The van der Waals surface area contributed by atoms with Crippen LogP contribution in [-0.4, -0.2) is 29.9 Å². The maximum absolute atomic E-state index is 13.9. The lowest BCUT2D eigenvalue weighted by Gasteiger charge is -2.17. The summed E-state index contributed by atoms with van der Waals surface area (Å²) in [5, 5.41) is 2.75. The van der Waals surface area contributed by atoms with Crippen LogP contribution in [0.2, 0.25) is 0 Å². The largest absolute Gasteiger partial charge is 0.476 e. The summed E-state index contributed by atoms with van der Waals surface area (Å²) in [5.74, 6) is -1.32. The molecule has 2 aromatic rings. The molecule has 0 radical (unpaired) electrons. The van der Waals surface area contributed by atoms with Gasteiger partial charge >= 0.3 is 0 Å². The summed E-state index contributed by atoms with van der Waals surface area (Å²) in [6.07, 6.45) is 1.60. The average molecular weight is 343 g/mol. The molecule has 0 saturated carbocycles. The molecule has 1 aliphatic rings. The molecule has 0 spiro atoms. The highest BCUT2D eigenvalue weighted by Crippen LogP contribution is 2.29. The minimum Gasteiger partial charge on any atom is -0.476 e. The molecule has 7 heteroatoms. The fourth-order valence-electron chi connectivity index (χ4n) is 2.76. The summed E-state index contributed by atoms with van der Waals surface area (Å²) in [5.41, 5.74) is 0.644. The zero-order valence-electron chi connectivity index (χ0n) is 13.7. The molecular formula is C18H18FN3O3. The molecule has 25 heavy (non-hydrogen) atoms. The second-order valence-corrected chi connectivity index (χ2v) is 5.64. The standard InChI is InChI=1S/C18H18FN3O3/c1-2-25-18-14(7-5-9-20-18)21-17(24)12-10-16(23)22(11-12)15-8-4-3-6-13(15)19/h3-9,12H,2,10-11H2,1H3,(H,21,24)/t12-/m1/s1. The van der Waals surface area contributed by atoms with Gasteiger partial charge in [-0.1, -0.05) is 12.1 Å². The molecule has 0 bridgehead atoms. The number of nitrogens with one attached hydrogen (secondary N) is 1. The third-order valence-electron chi connectivity index (χ3n) is 3.95. The van der Waals surface area contributed by atoms with E-state index in [0.717, 1.165) is 0 Å². The van der Waals surface area contributed by atoms with Gasteiger partial charge in [-0.2, -0.15) is 0 Å². The maximum atomic E-state index is 13.9. The number of hydrogen-bond donors (Lipinski definition) is 1. The average Bonchev–Trinajstić information content (AvgIpc) is 2.99. The van der Waals surface area contributed by atoms with Crippen molar-refractivity contribution in [3.63, 3.8) is 0 Å². The first kappa shape index (κ1) is 16.9. The summed E-state index contributed by atoms with van der Waals surface area (Å²) >= 11 is 0. The summed E-state index contributed by atoms with van der Waals surface area (Å²) < 4.78 is 19.3. The van der Waals surface area contributed by atoms with Crippen LogP contribution >= 0.6 is 0 Å². The van der Waals surface area contributed by atoms with Gasteiger partial charge in [-0.05, 0) is 31.2 Å². The molecule has 1 fully saturated rings. The van der Waals surface area contributed by atoms with Crippen molar-refractivity contribution < 1.29 is 18.7 Å². The molecule has 1 N–H and O–H groups in total. The molecule has 130 valence electrons. The molecule has 3 rings (SSSR count). The predicted molar refractivity (Wildman–Crippen MR) is 90.9 cm³/mol. The number of nitrogens with zero attached hydrogens (tertiary/aromatic N) is 2. The Labute approximate surface area is 144 Å². The van der Waals surface area contributed by atoms with Gasteiger partial charge in [-0.3, -0.25) is 9.59 Å². The molecule has 2 amide bonds. The highest BCUT2D eigenvalue weighted by atomic mass is 19.1. The van der Waals surface area contributed by atoms with Crippen LogP contribution < -0.4 is 15.0 Å². The van der Waals surface area contributed by atoms with E-state index in [0.29, 0.717) is 18.2 Å². The van der Waals surface area contributed by atoms with Crippen molar-refractivity contribution in [2.45, 2.75) is 13.3 Å². The minimum atomic E-state index is -0.568. The number of benzene rings is 1. The third kappa shape index (κ3) is 3.60. The predicted octanol–water partition coefficient (Wildman–Crippen LogP) is 2.61. The topological polar surface area (TPSA) is 71.5 Å². The molecule has 1 atom stereocenters. The summed E-state index contributed by atoms with van der Waals surface area (Å²) in [4.78, 5) is 30.1. The molecule has 2 heterocycles. The van der Waals surface area contributed by atoms with E-state index < -0.39 is 11.7 Å². The van der Waals surface area contributed by atoms with Crippen molar-refractivity contribution in [3.8, 4) is 5.88 Å². The van der Waals surface area contributed by atoms with Gasteiger partial charge in [0.1, 0.15) is 11.5 Å². The lowest BCUT2D eigenvalue weighted by molar-refractivity contribution is -0.122. The fraction of sp³-hybridized carbons (Fsp3) is 0.278. The van der Waals surface area contributed by atoms with Crippen LogP contribution in [0.3, 0.4) is 0 Å². The molecular weight excluding hydrogens is 325 g/mol. The van der Waals surface area contributed by atoms with Gasteiger partial charge in [0.05, 0.1) is 18.2 Å². The number of carbonyl (C=O) groups excluding carboxylic acids is 2. The number of pyridine rings is 1. The summed E-state index contributed by atoms with van der Waals surface area (Å²) in [6.45, 7) is 2.38. The molecule has 0 unspecified atom stereocenters. The Morgan fingerprint density at radius 2 is 2.16 bits per heavy atom. The molecule has 1 aliphatic heterocycles. The van der Waals surface area contributed by atoms with Gasteiger partial charge in [-0.25, -0.2) is 9.37 Å². The number of halogens is 1. The van der Waals surface area contributed by atoms with Crippen LogP contribution in [-0.2, 0) is 9.59 Å². The quantitative estimate of drug-likeness (QED) is 0.906. The Morgan fingerprint density at radius 3 is 2.92 bits per heavy atom. The maximum Gasteiger partial charge on any atom is 0.237 e. The Bertz CT molecular complexity index is 797. The van der Waals surface area contributed by atoms with Crippen molar-refractivity contribution in [2.75, 3.05) is 23.4 Å². The smallest absolute Gasteiger partial charge is 0.237 e. The lowest BCUT2D eigenvalue weighted by atomic mass is 10.1. The van der Waals surface area contributed by atoms with E-state index in [1.54, 1.807) is 30.5 Å². The van der Waals surface area contributed by atoms with Crippen LogP contribution in [0.5, 0.6) is 5.88 Å². The Balaban J connectivity index is 1.72. The van der Waals surface area contributed by atoms with E-state index in [1.807, 2.05) is 6.92 Å². The second-order valence-electron chi connectivity index (χ2n) is 5.64. The summed E-state index contributed by atoms with van der Waals surface area (Å²) in [6, 6.07) is 9.40. The van der Waals surface area contributed by atoms with Crippen LogP contribution in [0.4, 0.5) is 15.8 Å². The van der Waals surface area contributed by atoms with Gasteiger partial charge in [0.15, 0.2) is 0 Å². The van der Waals surface area contributed by atoms with E-state index in [9.17, 15) is 14.0 Å². The number of rotatable bonds is 5. The minimum absolute atomic E-state index is 0.0321. The second kappa shape index (κ2) is 7.29. The fourth-order valence-corrected chi connectivity index (χ4v) is 2.76. The van der Waals surface area contributed by atoms with E-state index in [2.05, 4.69) is 10.3 Å². The highest BCUT2D eigenvalue weighted by molar-refractivity contribution is 6.03. The zero-order chi connectivity index (χ0) is 17.8. The van der Waals surface area contributed by atoms with Gasteiger partial charge in [-0.15, -0.1) is 0 Å². The number of anilines is 2. The van der Waals surface area contributed by atoms with Gasteiger partial charge in [0.25, 0.3) is 0 Å². The van der Waals surface area contributed by atoms with E-state index in [1.165, 1.54) is 17.0 Å². The Morgan fingerprint density at radius 1 is 1.36 bits per heavy atom. The first-order chi connectivity index (χ1) is 12.1. The van der Waals surface area contributed by atoms with Crippen LogP contribution in [0.15, 0.2) is 42.6 Å². The number of ether oxygens (including phenoxy) is 1. The number of amides is 2. The zero-order valence-corrected chi connectivity index (χ0v) is 13.7. The van der Waals surface area contributed by atoms with E-state index in [4.69, 9.17) is 4.74 Å². The Kier molecular flexibility index (Phi) is 4.92. The van der Waals surface area contributed by atoms with E-state index >= 15 is 0 Å². The third-order valence-corrected chi connectivity index (χ3v) is 3.95. The SMILES string of the molecule is CCOc1ncccc1NC(=O)[C@@H]1CC(=O)N(c2ccccc2F)C1. The number of hydrogen-bond acceptors (Lipinski definition) is 4. The van der Waals surface area contributed by atoms with Crippen molar-refractivity contribution in [1.29, 1.82) is 0 Å². The monoisotopic (exact) mass is 343 g/mol. The molecule has 6 nitrogen and oxygen atoms in total. The highest BCUT2D eigenvalue weighted by Gasteiger charge is 2.36. The Hall–Kier alpha value is -2.96. The number of carbonyl (C=O) groups is 2. The molecule has 1 aromatic heterocycles. The van der Waals surface area contributed by atoms with Crippen LogP contribution in [0.1, 0.15) is 13.3 Å². The summed E-state index contributed by atoms with van der Waals surface area (Å²) in [7, 11) is 0. The lowest BCUT2D eigenvalue weighted by Crippen LogP contribution is -2.28. The molecule has 0 aliphatic carbocycles. The van der Waals surface area contributed by atoms with Gasteiger partial charge < -0.3 is 15.0 Å². The molecule has 1 aromatic carbocycles. The van der Waals surface area contributed by atoms with E-state index in [-0.39, 0.29) is 30.5 Å². The first-order valence-corrected chi connectivity index (χ1v) is 8.03. The van der Waals surface area contributed by atoms with Crippen molar-refractivity contribution in [3.05, 3.63) is 48.4 Å². The molecule has 1 saturated heterocycles. The number of para-hydroxylation sites is 1. The van der Waals surface area contributed by atoms with Crippen molar-refractivity contribution in [2.24, 2.45) is 5.92 Å².